The number of nitrogens with two attached hydrogens (primary N) is 2. The van der Waals surface area contributed by atoms with Crippen LogP contribution in [0.4, 0.5) is 5.69 Å². The van der Waals surface area contributed by atoms with Crippen molar-refractivity contribution in [1.82, 2.24) is 0 Å². The van der Waals surface area contributed by atoms with E-state index < -0.39 is 16.7 Å². The van der Waals surface area contributed by atoms with E-state index >= 15 is 0 Å². The molecule has 0 bridgehead atoms. The van der Waals surface area contributed by atoms with Crippen molar-refractivity contribution in [3.63, 3.8) is 0 Å². The standard InChI is InChI=1S/C15H15ClN2O2S/c16-13-5-1-10(2-6-13)8-21(20)9-12-4-3-11(15(18)19)7-14(12)17/h1-7H,8-9,17H2,(H2,18,19). The van der Waals surface area contributed by atoms with E-state index in [9.17, 15) is 9.00 Å². The highest BCUT2D eigenvalue weighted by Gasteiger charge is 2.09. The summed E-state index contributed by atoms with van der Waals surface area (Å²) in [6.45, 7) is 0. The van der Waals surface area contributed by atoms with Gasteiger partial charge < -0.3 is 11.5 Å². The molecule has 21 heavy (non-hydrogen) atoms. The summed E-state index contributed by atoms with van der Waals surface area (Å²) < 4.78 is 12.2. The van der Waals surface area contributed by atoms with Crippen LogP contribution in [0.5, 0.6) is 0 Å². The van der Waals surface area contributed by atoms with Gasteiger partial charge in [0.2, 0.25) is 5.91 Å². The van der Waals surface area contributed by atoms with Crippen LogP contribution in [-0.4, -0.2) is 10.1 Å². The van der Waals surface area contributed by atoms with E-state index in [1.807, 2.05) is 12.1 Å². The topological polar surface area (TPSA) is 86.2 Å². The monoisotopic (exact) mass is 322 g/mol. The summed E-state index contributed by atoms with van der Waals surface area (Å²) in [5, 5.41) is 0.649. The third kappa shape index (κ3) is 4.31. The zero-order chi connectivity index (χ0) is 15.4. The fourth-order valence-corrected chi connectivity index (χ4v) is 3.27. The number of benzene rings is 2. The Morgan fingerprint density at radius 3 is 2.33 bits per heavy atom. The minimum absolute atomic E-state index is 0.327. The van der Waals surface area contributed by atoms with Crippen molar-refractivity contribution >= 4 is 34.0 Å². The maximum Gasteiger partial charge on any atom is 0.248 e. The molecule has 4 N–H and O–H groups in total. The third-order valence-electron chi connectivity index (χ3n) is 2.99. The van der Waals surface area contributed by atoms with Crippen LogP contribution in [0.3, 0.4) is 0 Å². The Kier molecular flexibility index (Phi) is 4.98. The highest BCUT2D eigenvalue weighted by atomic mass is 35.5. The van der Waals surface area contributed by atoms with Gasteiger partial charge in [-0.1, -0.05) is 29.8 Å². The molecule has 4 nitrogen and oxygen atoms in total. The summed E-state index contributed by atoms with van der Waals surface area (Å²) in [6, 6.07) is 12.0. The Balaban J connectivity index is 2.06. The van der Waals surface area contributed by atoms with E-state index in [0.29, 0.717) is 27.8 Å². The quantitative estimate of drug-likeness (QED) is 0.829. The van der Waals surface area contributed by atoms with Crippen LogP contribution in [0.1, 0.15) is 21.5 Å². The van der Waals surface area contributed by atoms with Crippen molar-refractivity contribution in [2.45, 2.75) is 11.5 Å². The molecule has 0 aliphatic rings. The van der Waals surface area contributed by atoms with Crippen molar-refractivity contribution in [2.75, 3.05) is 5.73 Å². The molecule has 0 heterocycles. The van der Waals surface area contributed by atoms with Gasteiger partial charge >= 0.3 is 0 Å². The predicted molar refractivity (Wildman–Crippen MR) is 86.4 cm³/mol. The van der Waals surface area contributed by atoms with Crippen LogP contribution in [0, 0.1) is 0 Å². The Morgan fingerprint density at radius 2 is 1.76 bits per heavy atom. The molecule has 1 unspecified atom stereocenters. The molecule has 110 valence electrons. The maximum absolute atomic E-state index is 12.2. The first kappa shape index (κ1) is 15.5. The van der Waals surface area contributed by atoms with E-state index in [4.69, 9.17) is 23.1 Å². The molecule has 2 rings (SSSR count). The average Bonchev–Trinajstić information content (AvgIpc) is 2.43. The Bertz CT molecular complexity index is 687. The molecule has 0 spiro atoms. The van der Waals surface area contributed by atoms with Gasteiger partial charge in [0.1, 0.15) is 0 Å². The molecular weight excluding hydrogens is 308 g/mol. The second kappa shape index (κ2) is 6.74. The van der Waals surface area contributed by atoms with Gasteiger partial charge in [-0.25, -0.2) is 0 Å². The number of halogens is 1. The lowest BCUT2D eigenvalue weighted by molar-refractivity contribution is 0.100. The minimum atomic E-state index is -1.10. The van der Waals surface area contributed by atoms with Crippen molar-refractivity contribution in [2.24, 2.45) is 5.73 Å². The number of primary amides is 1. The normalized spacial score (nSPS) is 12.0. The molecule has 0 aliphatic heterocycles. The van der Waals surface area contributed by atoms with E-state index in [1.54, 1.807) is 24.3 Å². The summed E-state index contributed by atoms with van der Waals surface area (Å²) in [6.07, 6.45) is 0. The van der Waals surface area contributed by atoms with Crippen LogP contribution >= 0.6 is 11.6 Å². The molecular formula is C15H15ClN2O2S. The molecule has 1 amide bonds. The lowest BCUT2D eigenvalue weighted by Gasteiger charge is -2.07. The first-order chi connectivity index (χ1) is 9.95. The molecule has 2 aromatic carbocycles. The van der Waals surface area contributed by atoms with Crippen molar-refractivity contribution in [3.8, 4) is 0 Å². The molecule has 2 aromatic rings. The first-order valence-electron chi connectivity index (χ1n) is 6.23. The Morgan fingerprint density at radius 1 is 1.10 bits per heavy atom. The Hall–Kier alpha value is -1.85. The van der Waals surface area contributed by atoms with Crippen molar-refractivity contribution < 1.29 is 9.00 Å². The van der Waals surface area contributed by atoms with E-state index in [-0.39, 0.29) is 0 Å². The SMILES string of the molecule is NC(=O)c1ccc(CS(=O)Cc2ccc(Cl)cc2)c(N)c1. The number of hydrogen-bond donors (Lipinski definition) is 2. The number of carbonyl (C=O) groups excluding carboxylic acids is 1. The minimum Gasteiger partial charge on any atom is -0.398 e. The molecule has 0 aliphatic carbocycles. The molecule has 0 radical (unpaired) electrons. The van der Waals surface area contributed by atoms with Gasteiger partial charge in [0.15, 0.2) is 0 Å². The highest BCUT2D eigenvalue weighted by molar-refractivity contribution is 7.83. The predicted octanol–water partition coefficient (Wildman–Crippen LogP) is 2.47. The van der Waals surface area contributed by atoms with Crippen molar-refractivity contribution in [3.05, 3.63) is 64.2 Å². The van der Waals surface area contributed by atoms with Gasteiger partial charge in [-0.05, 0) is 35.4 Å². The van der Waals surface area contributed by atoms with Gasteiger partial charge in [-0.2, -0.15) is 0 Å². The van der Waals surface area contributed by atoms with Gasteiger partial charge in [0, 0.05) is 32.8 Å². The average molecular weight is 323 g/mol. The van der Waals surface area contributed by atoms with Crippen LogP contribution in [-0.2, 0) is 22.3 Å². The van der Waals surface area contributed by atoms with Gasteiger partial charge in [0.05, 0.1) is 5.75 Å². The summed E-state index contributed by atoms with van der Waals surface area (Å²) >= 11 is 5.81. The van der Waals surface area contributed by atoms with Gasteiger partial charge in [0.25, 0.3) is 0 Å². The Labute approximate surface area is 130 Å². The third-order valence-corrected chi connectivity index (χ3v) is 4.53. The molecule has 0 saturated carbocycles. The number of nitrogen functional groups attached to an aromatic ring is 1. The molecule has 0 aromatic heterocycles. The number of hydrogen-bond acceptors (Lipinski definition) is 3. The fraction of sp³-hybridized carbons (Fsp3) is 0.133. The number of amides is 1. The molecule has 0 fully saturated rings. The zero-order valence-corrected chi connectivity index (χ0v) is 12.8. The number of anilines is 1. The summed E-state index contributed by atoms with van der Waals surface area (Å²) in [5.74, 6) is 0.220. The molecule has 0 saturated heterocycles. The van der Waals surface area contributed by atoms with Gasteiger partial charge in [-0.3, -0.25) is 9.00 Å². The van der Waals surface area contributed by atoms with Crippen LogP contribution in [0.2, 0.25) is 5.02 Å². The number of rotatable bonds is 5. The number of carbonyl (C=O) groups is 1. The molecule has 6 heteroatoms. The van der Waals surface area contributed by atoms with Crippen LogP contribution in [0.25, 0.3) is 0 Å². The second-order valence-electron chi connectivity index (χ2n) is 4.63. The maximum atomic E-state index is 12.2. The first-order valence-corrected chi connectivity index (χ1v) is 8.10. The summed E-state index contributed by atoms with van der Waals surface area (Å²) in [5.41, 5.74) is 13.5. The van der Waals surface area contributed by atoms with E-state index in [1.165, 1.54) is 6.07 Å². The lowest BCUT2D eigenvalue weighted by Crippen LogP contribution is -2.12. The van der Waals surface area contributed by atoms with E-state index in [2.05, 4.69) is 0 Å². The van der Waals surface area contributed by atoms with E-state index in [0.717, 1.165) is 11.1 Å². The van der Waals surface area contributed by atoms with Gasteiger partial charge in [-0.15, -0.1) is 0 Å². The highest BCUT2D eigenvalue weighted by Crippen LogP contribution is 2.18. The smallest absolute Gasteiger partial charge is 0.248 e. The zero-order valence-electron chi connectivity index (χ0n) is 11.2. The van der Waals surface area contributed by atoms with Crippen LogP contribution in [0.15, 0.2) is 42.5 Å². The lowest BCUT2D eigenvalue weighted by atomic mass is 10.1. The summed E-state index contributed by atoms with van der Waals surface area (Å²) in [4.78, 5) is 11.1. The van der Waals surface area contributed by atoms with Crippen LogP contribution < -0.4 is 11.5 Å². The molecule has 1 atom stereocenters. The summed E-state index contributed by atoms with van der Waals surface area (Å²) in [7, 11) is -1.10. The van der Waals surface area contributed by atoms with Crippen molar-refractivity contribution in [1.29, 1.82) is 0 Å². The largest absolute Gasteiger partial charge is 0.398 e. The fourth-order valence-electron chi connectivity index (χ4n) is 1.87. The second-order valence-corrected chi connectivity index (χ2v) is 6.53.